The molecular weight excluding hydrogens is 310 g/mol. The van der Waals surface area contributed by atoms with E-state index in [0.717, 1.165) is 6.42 Å². The highest BCUT2D eigenvalue weighted by molar-refractivity contribution is 7.91. The molecule has 1 N–H and O–H groups in total. The second-order valence-electron chi connectivity index (χ2n) is 7.28. The molecule has 2 fully saturated rings. The summed E-state index contributed by atoms with van der Waals surface area (Å²) in [7, 11) is -2.86. The van der Waals surface area contributed by atoms with Crippen molar-refractivity contribution in [3.63, 3.8) is 0 Å². The fourth-order valence-electron chi connectivity index (χ4n) is 3.39. The molecule has 1 aliphatic carbocycles. The van der Waals surface area contributed by atoms with E-state index >= 15 is 0 Å². The summed E-state index contributed by atoms with van der Waals surface area (Å²) in [4.78, 5) is 12.2. The summed E-state index contributed by atoms with van der Waals surface area (Å²) in [6, 6.07) is 8.57. The third-order valence-electron chi connectivity index (χ3n) is 5.05. The van der Waals surface area contributed by atoms with Gasteiger partial charge in [-0.2, -0.15) is 0 Å². The summed E-state index contributed by atoms with van der Waals surface area (Å²) in [6.07, 6.45) is 1.57. The van der Waals surface area contributed by atoms with Gasteiger partial charge in [-0.05, 0) is 41.7 Å². The van der Waals surface area contributed by atoms with Crippen molar-refractivity contribution in [3.8, 4) is 0 Å². The molecule has 1 heterocycles. The van der Waals surface area contributed by atoms with E-state index in [9.17, 15) is 13.2 Å². The SMILES string of the molecule is CC(C)c1ccc([C@@H]2C[C@H]2C(=O)NC[C@@H]2CCS(=O)(=O)C2)cc1. The minimum atomic E-state index is -2.86. The summed E-state index contributed by atoms with van der Waals surface area (Å²) >= 11 is 0. The van der Waals surface area contributed by atoms with Gasteiger partial charge in [0.05, 0.1) is 11.5 Å². The summed E-state index contributed by atoms with van der Waals surface area (Å²) in [5, 5.41) is 2.95. The zero-order valence-electron chi connectivity index (χ0n) is 13.8. The molecule has 0 aromatic heterocycles. The van der Waals surface area contributed by atoms with Gasteiger partial charge in [0, 0.05) is 12.5 Å². The van der Waals surface area contributed by atoms with Crippen molar-refractivity contribution in [2.24, 2.45) is 11.8 Å². The van der Waals surface area contributed by atoms with Gasteiger partial charge in [-0.3, -0.25) is 4.79 Å². The van der Waals surface area contributed by atoms with Crippen LogP contribution in [0.1, 0.15) is 49.7 Å². The second kappa shape index (κ2) is 6.27. The minimum Gasteiger partial charge on any atom is -0.356 e. The monoisotopic (exact) mass is 335 g/mol. The highest BCUT2D eigenvalue weighted by Crippen LogP contribution is 2.47. The molecule has 3 atom stereocenters. The summed E-state index contributed by atoms with van der Waals surface area (Å²) < 4.78 is 22.9. The number of nitrogens with one attached hydrogen (secondary N) is 1. The van der Waals surface area contributed by atoms with E-state index in [1.807, 2.05) is 0 Å². The van der Waals surface area contributed by atoms with Crippen LogP contribution >= 0.6 is 0 Å². The molecule has 4 nitrogen and oxygen atoms in total. The lowest BCUT2D eigenvalue weighted by molar-refractivity contribution is -0.122. The Morgan fingerprint density at radius 1 is 1.26 bits per heavy atom. The average molecular weight is 335 g/mol. The smallest absolute Gasteiger partial charge is 0.223 e. The average Bonchev–Trinajstić information content (AvgIpc) is 3.23. The van der Waals surface area contributed by atoms with Gasteiger partial charge >= 0.3 is 0 Å². The minimum absolute atomic E-state index is 0.0536. The number of hydrogen-bond donors (Lipinski definition) is 1. The zero-order chi connectivity index (χ0) is 16.6. The number of carbonyl (C=O) groups is 1. The molecule has 2 aliphatic rings. The predicted molar refractivity (Wildman–Crippen MR) is 91.1 cm³/mol. The van der Waals surface area contributed by atoms with Crippen LogP contribution in [0.25, 0.3) is 0 Å². The van der Waals surface area contributed by atoms with Crippen molar-refractivity contribution in [1.82, 2.24) is 5.32 Å². The molecule has 1 aromatic rings. The number of sulfone groups is 1. The van der Waals surface area contributed by atoms with Gasteiger partial charge in [-0.25, -0.2) is 8.42 Å². The summed E-state index contributed by atoms with van der Waals surface area (Å²) in [5.74, 6) is 1.55. The first-order chi connectivity index (χ1) is 10.9. The van der Waals surface area contributed by atoms with Gasteiger partial charge in [0.1, 0.15) is 0 Å². The Morgan fingerprint density at radius 2 is 1.96 bits per heavy atom. The number of rotatable bonds is 5. The highest BCUT2D eigenvalue weighted by Gasteiger charge is 2.44. The molecule has 5 heteroatoms. The largest absolute Gasteiger partial charge is 0.356 e. The lowest BCUT2D eigenvalue weighted by Gasteiger charge is -2.10. The van der Waals surface area contributed by atoms with Crippen LogP contribution in [-0.4, -0.2) is 32.4 Å². The van der Waals surface area contributed by atoms with Crippen LogP contribution in [0.15, 0.2) is 24.3 Å². The maximum absolute atomic E-state index is 12.2. The van der Waals surface area contributed by atoms with Crippen molar-refractivity contribution in [2.45, 2.75) is 38.5 Å². The Labute approximate surface area is 138 Å². The first kappa shape index (κ1) is 16.5. The molecule has 1 saturated carbocycles. The first-order valence-electron chi connectivity index (χ1n) is 8.44. The maximum atomic E-state index is 12.2. The van der Waals surface area contributed by atoms with E-state index in [4.69, 9.17) is 0 Å². The second-order valence-corrected chi connectivity index (χ2v) is 9.51. The third-order valence-corrected chi connectivity index (χ3v) is 6.89. The number of hydrogen-bond acceptors (Lipinski definition) is 3. The van der Waals surface area contributed by atoms with Crippen molar-refractivity contribution in [3.05, 3.63) is 35.4 Å². The molecule has 1 amide bonds. The van der Waals surface area contributed by atoms with Crippen LogP contribution in [-0.2, 0) is 14.6 Å². The lowest BCUT2D eigenvalue weighted by Crippen LogP contribution is -2.31. The molecule has 126 valence electrons. The molecule has 0 spiro atoms. The highest BCUT2D eigenvalue weighted by atomic mass is 32.2. The summed E-state index contributed by atoms with van der Waals surface area (Å²) in [6.45, 7) is 4.84. The normalized spacial score (nSPS) is 28.7. The van der Waals surface area contributed by atoms with Crippen LogP contribution < -0.4 is 5.32 Å². The van der Waals surface area contributed by atoms with E-state index in [0.29, 0.717) is 24.8 Å². The van der Waals surface area contributed by atoms with Gasteiger partial charge in [0.15, 0.2) is 9.84 Å². The molecule has 1 aromatic carbocycles. The number of carbonyl (C=O) groups excluding carboxylic acids is 1. The van der Waals surface area contributed by atoms with Crippen LogP contribution in [0.5, 0.6) is 0 Å². The van der Waals surface area contributed by atoms with E-state index in [2.05, 4.69) is 43.4 Å². The molecule has 0 bridgehead atoms. The Bertz CT molecular complexity index is 679. The van der Waals surface area contributed by atoms with Gasteiger partial charge in [-0.1, -0.05) is 38.1 Å². The van der Waals surface area contributed by atoms with E-state index < -0.39 is 9.84 Å². The fourth-order valence-corrected chi connectivity index (χ4v) is 5.25. The number of amides is 1. The van der Waals surface area contributed by atoms with Crippen LogP contribution in [0.4, 0.5) is 0 Å². The summed E-state index contributed by atoms with van der Waals surface area (Å²) in [5.41, 5.74) is 2.55. The first-order valence-corrected chi connectivity index (χ1v) is 10.3. The topological polar surface area (TPSA) is 63.2 Å². The number of benzene rings is 1. The van der Waals surface area contributed by atoms with Crippen LogP contribution in [0.2, 0.25) is 0 Å². The van der Waals surface area contributed by atoms with Crippen molar-refractivity contribution >= 4 is 15.7 Å². The molecule has 1 saturated heterocycles. The Hall–Kier alpha value is -1.36. The van der Waals surface area contributed by atoms with Gasteiger partial charge in [0.2, 0.25) is 5.91 Å². The fraction of sp³-hybridized carbons (Fsp3) is 0.611. The molecule has 3 rings (SSSR count). The van der Waals surface area contributed by atoms with Gasteiger partial charge in [-0.15, -0.1) is 0 Å². The zero-order valence-corrected chi connectivity index (χ0v) is 14.6. The van der Waals surface area contributed by atoms with Crippen molar-refractivity contribution in [1.29, 1.82) is 0 Å². The van der Waals surface area contributed by atoms with E-state index in [1.54, 1.807) is 0 Å². The Kier molecular flexibility index (Phi) is 4.50. The maximum Gasteiger partial charge on any atom is 0.223 e. The molecule has 1 aliphatic heterocycles. The van der Waals surface area contributed by atoms with Gasteiger partial charge in [0.25, 0.3) is 0 Å². The van der Waals surface area contributed by atoms with Crippen molar-refractivity contribution in [2.75, 3.05) is 18.1 Å². The quantitative estimate of drug-likeness (QED) is 0.899. The van der Waals surface area contributed by atoms with E-state index in [1.165, 1.54) is 11.1 Å². The Balaban J connectivity index is 1.49. The third kappa shape index (κ3) is 3.94. The van der Waals surface area contributed by atoms with Crippen molar-refractivity contribution < 1.29 is 13.2 Å². The Morgan fingerprint density at radius 3 is 2.52 bits per heavy atom. The molecule has 23 heavy (non-hydrogen) atoms. The lowest BCUT2D eigenvalue weighted by atomic mass is 10.00. The standard InChI is InChI=1S/C18H25NO3S/c1-12(2)14-3-5-15(6-4-14)16-9-17(16)18(20)19-10-13-7-8-23(21,22)11-13/h3-6,12-13,16-17H,7-11H2,1-2H3,(H,19,20)/t13-,16-,17+/m0/s1. The molecular formula is C18H25NO3S. The van der Waals surface area contributed by atoms with Gasteiger partial charge < -0.3 is 5.32 Å². The predicted octanol–water partition coefficient (Wildman–Crippen LogP) is 2.46. The molecule has 0 radical (unpaired) electrons. The van der Waals surface area contributed by atoms with Crippen LogP contribution in [0, 0.1) is 11.8 Å². The molecule has 0 unspecified atom stereocenters. The van der Waals surface area contributed by atoms with E-state index in [-0.39, 0.29) is 29.2 Å². The van der Waals surface area contributed by atoms with Crippen LogP contribution in [0.3, 0.4) is 0 Å².